The lowest BCUT2D eigenvalue weighted by Crippen LogP contribution is -2.34. The summed E-state index contributed by atoms with van der Waals surface area (Å²) in [7, 11) is 0. The maximum absolute atomic E-state index is 13.0. The van der Waals surface area contributed by atoms with E-state index in [0.29, 0.717) is 22.2 Å². The van der Waals surface area contributed by atoms with E-state index in [1.807, 2.05) is 36.5 Å². The number of aromatic nitrogens is 1. The molecule has 1 aromatic heterocycles. The molecule has 0 fully saturated rings. The molecule has 0 aliphatic carbocycles. The van der Waals surface area contributed by atoms with E-state index in [9.17, 15) is 4.79 Å². The third-order valence-electron chi connectivity index (χ3n) is 5.53. The van der Waals surface area contributed by atoms with Crippen molar-refractivity contribution in [2.45, 2.75) is 26.3 Å². The van der Waals surface area contributed by atoms with Crippen LogP contribution in [0.5, 0.6) is 0 Å². The maximum Gasteiger partial charge on any atom is 0.194 e. The number of carbonyl (C=O) groups is 1. The molecule has 2 heterocycles. The Labute approximate surface area is 170 Å². The average Bonchev–Trinajstić information content (AvgIpc) is 3.04. The zero-order valence-corrected chi connectivity index (χ0v) is 16.9. The highest BCUT2D eigenvalue weighted by Gasteiger charge is 2.20. The zero-order chi connectivity index (χ0) is 19.8. The molecule has 0 unspecified atom stereocenters. The number of nitrogen functional groups attached to an aromatic ring is 1. The van der Waals surface area contributed by atoms with Crippen molar-refractivity contribution in [1.29, 1.82) is 0 Å². The number of halogens is 1. The quantitative estimate of drug-likeness (QED) is 0.514. The first-order valence-electron chi connectivity index (χ1n) is 9.58. The summed E-state index contributed by atoms with van der Waals surface area (Å²) in [5.41, 5.74) is 4.44. The van der Waals surface area contributed by atoms with Gasteiger partial charge in [0.25, 0.3) is 0 Å². The highest BCUT2D eigenvalue weighted by atomic mass is 35.5. The van der Waals surface area contributed by atoms with Gasteiger partial charge in [-0.2, -0.15) is 0 Å². The zero-order valence-electron chi connectivity index (χ0n) is 16.2. The number of hydrogen-bond acceptors (Lipinski definition) is 3. The molecule has 1 aliphatic heterocycles. The van der Waals surface area contributed by atoms with E-state index < -0.39 is 0 Å². The summed E-state index contributed by atoms with van der Waals surface area (Å²) in [4.78, 5) is 15.4. The molecule has 0 saturated heterocycles. The van der Waals surface area contributed by atoms with Gasteiger partial charge in [0.15, 0.2) is 5.78 Å². The number of ketones is 1. The van der Waals surface area contributed by atoms with Crippen LogP contribution < -0.4 is 5.84 Å². The van der Waals surface area contributed by atoms with E-state index in [2.05, 4.69) is 24.8 Å². The van der Waals surface area contributed by atoms with E-state index in [1.54, 1.807) is 16.8 Å². The summed E-state index contributed by atoms with van der Waals surface area (Å²) in [6.07, 6.45) is 5.21. The largest absolute Gasteiger partial charge is 0.339 e. The number of benzene rings is 2. The minimum absolute atomic E-state index is 0.0770. The number of nitrogens with two attached hydrogens (primary N) is 1. The fourth-order valence-electron chi connectivity index (χ4n) is 3.85. The van der Waals surface area contributed by atoms with Crippen molar-refractivity contribution in [3.05, 3.63) is 76.5 Å². The first-order chi connectivity index (χ1) is 13.5. The maximum atomic E-state index is 13.0. The Morgan fingerprint density at radius 1 is 1.18 bits per heavy atom. The molecule has 0 amide bonds. The number of fused-ring (bicyclic) bond motifs is 1. The highest BCUT2D eigenvalue weighted by Crippen LogP contribution is 2.32. The lowest BCUT2D eigenvalue weighted by atomic mass is 9.96. The van der Waals surface area contributed by atoms with Gasteiger partial charge in [-0.1, -0.05) is 29.8 Å². The second-order valence-electron chi connectivity index (χ2n) is 7.56. The second-order valence-corrected chi connectivity index (χ2v) is 7.97. The van der Waals surface area contributed by atoms with Crippen molar-refractivity contribution < 1.29 is 4.79 Å². The molecule has 144 valence electrons. The molecule has 0 atom stereocenters. The van der Waals surface area contributed by atoms with Gasteiger partial charge < -0.3 is 5.84 Å². The van der Waals surface area contributed by atoms with Crippen molar-refractivity contribution in [1.82, 2.24) is 9.58 Å². The van der Waals surface area contributed by atoms with Gasteiger partial charge in [0.05, 0.1) is 10.5 Å². The summed E-state index contributed by atoms with van der Waals surface area (Å²) < 4.78 is 1.64. The second kappa shape index (κ2) is 7.46. The molecule has 0 bridgehead atoms. The number of rotatable bonds is 4. The van der Waals surface area contributed by atoms with Crippen molar-refractivity contribution >= 4 is 33.9 Å². The smallest absolute Gasteiger partial charge is 0.194 e. The van der Waals surface area contributed by atoms with Crippen LogP contribution in [-0.2, 0) is 0 Å². The fourth-order valence-corrected chi connectivity index (χ4v) is 4.07. The van der Waals surface area contributed by atoms with Crippen LogP contribution in [-0.4, -0.2) is 34.5 Å². The van der Waals surface area contributed by atoms with Crippen LogP contribution in [0, 0.1) is 0 Å². The van der Waals surface area contributed by atoms with Gasteiger partial charge >= 0.3 is 0 Å². The summed E-state index contributed by atoms with van der Waals surface area (Å²) in [6.45, 7) is 6.40. The van der Waals surface area contributed by atoms with E-state index in [1.165, 1.54) is 5.57 Å². The van der Waals surface area contributed by atoms with Gasteiger partial charge in [-0.3, -0.25) is 14.4 Å². The fraction of sp³-hybridized carbons (Fsp3) is 0.261. The van der Waals surface area contributed by atoms with E-state index in [0.717, 1.165) is 36.0 Å². The van der Waals surface area contributed by atoms with Crippen LogP contribution in [0.2, 0.25) is 5.02 Å². The predicted molar refractivity (Wildman–Crippen MR) is 116 cm³/mol. The van der Waals surface area contributed by atoms with Crippen LogP contribution in [0.15, 0.2) is 54.7 Å². The monoisotopic (exact) mass is 393 g/mol. The molecular formula is C23H24ClN3O. The van der Waals surface area contributed by atoms with Crippen LogP contribution in [0.25, 0.3) is 16.5 Å². The topological polar surface area (TPSA) is 51.3 Å². The van der Waals surface area contributed by atoms with Crippen LogP contribution in [0.1, 0.15) is 41.8 Å². The minimum Gasteiger partial charge on any atom is -0.339 e. The van der Waals surface area contributed by atoms with E-state index in [-0.39, 0.29) is 5.78 Å². The molecule has 0 spiro atoms. The molecule has 4 nitrogen and oxygen atoms in total. The number of carbonyl (C=O) groups excluding carboxylic acids is 1. The summed E-state index contributed by atoms with van der Waals surface area (Å²) >= 11 is 6.22. The first kappa shape index (κ1) is 18.8. The van der Waals surface area contributed by atoms with Crippen molar-refractivity contribution in [3.8, 4) is 0 Å². The van der Waals surface area contributed by atoms with Crippen LogP contribution in [0.4, 0.5) is 0 Å². The minimum atomic E-state index is -0.0770. The molecule has 4 rings (SSSR count). The van der Waals surface area contributed by atoms with Gasteiger partial charge in [0.1, 0.15) is 0 Å². The molecule has 2 N–H and O–H groups in total. The molecule has 0 saturated carbocycles. The molecular weight excluding hydrogens is 370 g/mol. The Balaban J connectivity index is 1.75. The molecule has 3 aromatic rings. The normalized spacial score (nSPS) is 15.2. The van der Waals surface area contributed by atoms with Gasteiger partial charge in [-0.25, -0.2) is 0 Å². The lowest BCUT2D eigenvalue weighted by molar-refractivity contribution is 0.103. The summed E-state index contributed by atoms with van der Waals surface area (Å²) in [6, 6.07) is 13.3. The van der Waals surface area contributed by atoms with Crippen molar-refractivity contribution in [2.75, 3.05) is 18.9 Å². The van der Waals surface area contributed by atoms with Gasteiger partial charge in [0.2, 0.25) is 0 Å². The van der Waals surface area contributed by atoms with E-state index >= 15 is 0 Å². The molecule has 5 heteroatoms. The van der Waals surface area contributed by atoms with Crippen molar-refractivity contribution in [2.24, 2.45) is 0 Å². The Bertz CT molecular complexity index is 1080. The van der Waals surface area contributed by atoms with Crippen LogP contribution in [0.3, 0.4) is 0 Å². The summed E-state index contributed by atoms with van der Waals surface area (Å²) in [5.74, 6) is 6.12. The molecule has 0 radical (unpaired) electrons. The SMILES string of the molecule is CC(C)N1CC=C(c2cn(N)c3ccc(C(=O)c4ccccc4Cl)cc23)CC1. The Morgan fingerprint density at radius 2 is 1.96 bits per heavy atom. The van der Waals surface area contributed by atoms with Crippen LogP contribution >= 0.6 is 11.6 Å². The van der Waals surface area contributed by atoms with Crippen molar-refractivity contribution in [3.63, 3.8) is 0 Å². The average molecular weight is 394 g/mol. The van der Waals surface area contributed by atoms with Gasteiger partial charge in [0, 0.05) is 47.4 Å². The Morgan fingerprint density at radius 3 is 2.64 bits per heavy atom. The Hall–Kier alpha value is -2.56. The molecule has 2 aromatic carbocycles. The number of hydrogen-bond donors (Lipinski definition) is 1. The number of nitrogens with zero attached hydrogens (tertiary/aromatic N) is 2. The Kier molecular flexibility index (Phi) is 5.00. The predicted octanol–water partition coefficient (Wildman–Crippen LogP) is 4.74. The standard InChI is InChI=1S/C23H24ClN3O/c1-15(2)26-11-9-16(10-12-26)20-14-27(25)22-8-7-17(13-19(20)22)23(28)18-5-3-4-6-21(18)24/h3-9,13-15H,10-12,25H2,1-2H3. The van der Waals surface area contributed by atoms with Gasteiger partial charge in [-0.05, 0) is 56.2 Å². The lowest BCUT2D eigenvalue weighted by Gasteiger charge is -2.29. The van der Waals surface area contributed by atoms with E-state index in [4.69, 9.17) is 17.4 Å². The highest BCUT2D eigenvalue weighted by molar-refractivity contribution is 6.35. The first-order valence-corrected chi connectivity index (χ1v) is 9.96. The summed E-state index contributed by atoms with van der Waals surface area (Å²) in [5, 5.41) is 1.47. The third-order valence-corrected chi connectivity index (χ3v) is 5.86. The van der Waals surface area contributed by atoms with Gasteiger partial charge in [-0.15, -0.1) is 0 Å². The molecule has 1 aliphatic rings. The third kappa shape index (κ3) is 3.34. The molecule has 28 heavy (non-hydrogen) atoms.